The van der Waals surface area contributed by atoms with Crippen LogP contribution in [0.5, 0.6) is 0 Å². The molecule has 2 heterocycles. The molecule has 4 nitrogen and oxygen atoms in total. The molecule has 0 aromatic carbocycles. The molecule has 0 unspecified atom stereocenters. The van der Waals surface area contributed by atoms with Crippen molar-refractivity contribution in [2.45, 2.75) is 16.9 Å². The van der Waals surface area contributed by atoms with Crippen LogP contribution in [0.1, 0.15) is 16.3 Å². The van der Waals surface area contributed by atoms with Crippen LogP contribution in [0, 0.1) is 6.92 Å². The Morgan fingerprint density at radius 3 is 2.73 bits per heavy atom. The van der Waals surface area contributed by atoms with Gasteiger partial charge in [-0.25, -0.2) is 4.79 Å². The van der Waals surface area contributed by atoms with Gasteiger partial charge in [0.15, 0.2) is 5.09 Å². The molecule has 0 radical (unpaired) electrons. The Balaban J connectivity index is 2.18. The van der Waals surface area contributed by atoms with E-state index in [1.807, 2.05) is 13.0 Å². The smallest absolute Gasteiger partial charge is 0.371 e. The van der Waals surface area contributed by atoms with Crippen LogP contribution in [0.2, 0.25) is 0 Å². The zero-order valence-corrected chi connectivity index (χ0v) is 8.71. The second-order valence-corrected chi connectivity index (χ2v) is 3.91. The minimum atomic E-state index is -1.06. The summed E-state index contributed by atoms with van der Waals surface area (Å²) in [5, 5.41) is 9.20. The summed E-state index contributed by atoms with van der Waals surface area (Å²) in [7, 11) is 0. The van der Waals surface area contributed by atoms with Gasteiger partial charge >= 0.3 is 5.97 Å². The van der Waals surface area contributed by atoms with Crippen LogP contribution in [0.4, 0.5) is 0 Å². The van der Waals surface area contributed by atoms with Gasteiger partial charge in [-0.3, -0.25) is 0 Å². The molecule has 0 spiro atoms. The summed E-state index contributed by atoms with van der Waals surface area (Å²) in [6.45, 7) is 1.84. The standard InChI is InChI=1S/C10H8O4S/c1-6-8(4-5-13-6)15-9-3-2-7(14-9)10(11)12/h2-5H,1H3,(H,11,12). The maximum Gasteiger partial charge on any atom is 0.371 e. The highest BCUT2D eigenvalue weighted by Gasteiger charge is 2.11. The first kappa shape index (κ1) is 9.92. The van der Waals surface area contributed by atoms with Crippen molar-refractivity contribution >= 4 is 17.7 Å². The summed E-state index contributed by atoms with van der Waals surface area (Å²) in [5.74, 6) is -0.335. The van der Waals surface area contributed by atoms with E-state index in [1.165, 1.54) is 17.8 Å². The Morgan fingerprint density at radius 2 is 2.20 bits per heavy atom. The molecule has 0 aliphatic carbocycles. The molecular formula is C10H8O4S. The van der Waals surface area contributed by atoms with E-state index < -0.39 is 5.97 Å². The first-order valence-corrected chi connectivity index (χ1v) is 5.03. The van der Waals surface area contributed by atoms with Gasteiger partial charge in [-0.15, -0.1) is 0 Å². The van der Waals surface area contributed by atoms with Gasteiger partial charge in [0.2, 0.25) is 5.76 Å². The topological polar surface area (TPSA) is 63.6 Å². The lowest BCUT2D eigenvalue weighted by molar-refractivity contribution is 0.0656. The Morgan fingerprint density at radius 1 is 1.40 bits per heavy atom. The predicted molar refractivity (Wildman–Crippen MR) is 53.2 cm³/mol. The van der Waals surface area contributed by atoms with Gasteiger partial charge in [-0.05, 0) is 36.9 Å². The molecule has 0 saturated heterocycles. The molecule has 0 aliphatic rings. The first-order chi connectivity index (χ1) is 7.16. The Kier molecular flexibility index (Phi) is 2.55. The monoisotopic (exact) mass is 224 g/mol. The minimum Gasteiger partial charge on any atom is -0.475 e. The molecule has 0 bridgehead atoms. The van der Waals surface area contributed by atoms with Crippen molar-refractivity contribution in [2.75, 3.05) is 0 Å². The van der Waals surface area contributed by atoms with Gasteiger partial charge in [0, 0.05) is 0 Å². The lowest BCUT2D eigenvalue weighted by Gasteiger charge is -1.93. The van der Waals surface area contributed by atoms with Crippen molar-refractivity contribution in [2.24, 2.45) is 0 Å². The Bertz CT molecular complexity index is 483. The number of furan rings is 2. The van der Waals surface area contributed by atoms with Gasteiger partial charge in [-0.2, -0.15) is 0 Å². The van der Waals surface area contributed by atoms with E-state index in [9.17, 15) is 4.79 Å². The molecule has 5 heteroatoms. The third-order valence-electron chi connectivity index (χ3n) is 1.81. The van der Waals surface area contributed by atoms with Crippen LogP contribution in [0.25, 0.3) is 0 Å². The van der Waals surface area contributed by atoms with Crippen LogP contribution in [-0.4, -0.2) is 11.1 Å². The first-order valence-electron chi connectivity index (χ1n) is 4.22. The number of hydrogen-bond acceptors (Lipinski definition) is 4. The van der Waals surface area contributed by atoms with Gasteiger partial charge in [0.05, 0.1) is 11.2 Å². The molecular weight excluding hydrogens is 216 g/mol. The average molecular weight is 224 g/mol. The van der Waals surface area contributed by atoms with Crippen molar-refractivity contribution < 1.29 is 18.7 Å². The van der Waals surface area contributed by atoms with E-state index in [2.05, 4.69) is 0 Å². The fourth-order valence-electron chi connectivity index (χ4n) is 1.08. The minimum absolute atomic E-state index is 0.0568. The predicted octanol–water partition coefficient (Wildman–Crippen LogP) is 3.03. The quantitative estimate of drug-likeness (QED) is 0.868. The van der Waals surface area contributed by atoms with Crippen LogP contribution in [-0.2, 0) is 0 Å². The molecule has 15 heavy (non-hydrogen) atoms. The van der Waals surface area contributed by atoms with E-state index in [1.54, 1.807) is 12.3 Å². The highest BCUT2D eigenvalue weighted by Crippen LogP contribution is 2.31. The van der Waals surface area contributed by atoms with Crippen molar-refractivity contribution in [1.29, 1.82) is 0 Å². The van der Waals surface area contributed by atoms with Crippen molar-refractivity contribution in [3.63, 3.8) is 0 Å². The van der Waals surface area contributed by atoms with E-state index in [4.69, 9.17) is 13.9 Å². The van der Waals surface area contributed by atoms with E-state index >= 15 is 0 Å². The number of aromatic carboxylic acids is 1. The maximum absolute atomic E-state index is 10.6. The summed E-state index contributed by atoms with van der Waals surface area (Å²) in [6.07, 6.45) is 1.58. The molecule has 2 aromatic heterocycles. The summed E-state index contributed by atoms with van der Waals surface area (Å²) in [5.41, 5.74) is 0. The number of rotatable bonds is 3. The number of carbonyl (C=O) groups is 1. The average Bonchev–Trinajstić information content (AvgIpc) is 2.77. The van der Waals surface area contributed by atoms with E-state index in [-0.39, 0.29) is 5.76 Å². The van der Waals surface area contributed by atoms with Gasteiger partial charge in [0.25, 0.3) is 0 Å². The van der Waals surface area contributed by atoms with Crippen LogP contribution in [0.3, 0.4) is 0 Å². The molecule has 0 atom stereocenters. The van der Waals surface area contributed by atoms with E-state index in [0.717, 1.165) is 10.7 Å². The molecule has 0 aliphatic heterocycles. The third-order valence-corrected chi connectivity index (χ3v) is 2.88. The highest BCUT2D eigenvalue weighted by atomic mass is 32.2. The normalized spacial score (nSPS) is 10.5. The van der Waals surface area contributed by atoms with Crippen LogP contribution in [0.15, 0.2) is 43.3 Å². The molecule has 0 saturated carbocycles. The van der Waals surface area contributed by atoms with Gasteiger partial charge in [-0.1, -0.05) is 0 Å². The van der Waals surface area contributed by atoms with Gasteiger partial charge < -0.3 is 13.9 Å². The summed E-state index contributed by atoms with van der Waals surface area (Å²) >= 11 is 1.34. The number of carboxylic acid groups (broad SMARTS) is 1. The van der Waals surface area contributed by atoms with Crippen molar-refractivity contribution in [3.8, 4) is 0 Å². The van der Waals surface area contributed by atoms with E-state index in [0.29, 0.717) is 5.09 Å². The molecule has 1 N–H and O–H groups in total. The zero-order chi connectivity index (χ0) is 10.8. The second kappa shape index (κ2) is 3.86. The molecule has 0 amide bonds. The Hall–Kier alpha value is -1.62. The molecule has 0 fully saturated rings. The van der Waals surface area contributed by atoms with Crippen LogP contribution < -0.4 is 0 Å². The summed E-state index contributed by atoms with van der Waals surface area (Å²) < 4.78 is 10.2. The molecule has 2 rings (SSSR count). The zero-order valence-electron chi connectivity index (χ0n) is 7.89. The lowest BCUT2D eigenvalue weighted by Crippen LogP contribution is -1.91. The number of hydrogen-bond donors (Lipinski definition) is 1. The van der Waals surface area contributed by atoms with Gasteiger partial charge in [0.1, 0.15) is 5.76 Å². The maximum atomic E-state index is 10.6. The number of aryl methyl sites for hydroxylation is 1. The van der Waals surface area contributed by atoms with Crippen LogP contribution >= 0.6 is 11.8 Å². The fraction of sp³-hybridized carbons (Fsp3) is 0.100. The second-order valence-electron chi connectivity index (χ2n) is 2.87. The lowest BCUT2D eigenvalue weighted by atomic mass is 10.5. The summed E-state index contributed by atoms with van der Waals surface area (Å²) in [4.78, 5) is 11.5. The number of carboxylic acids is 1. The molecule has 2 aromatic rings. The largest absolute Gasteiger partial charge is 0.475 e. The van der Waals surface area contributed by atoms with Crippen molar-refractivity contribution in [3.05, 3.63) is 36.0 Å². The molecule has 78 valence electrons. The van der Waals surface area contributed by atoms with Crippen molar-refractivity contribution in [1.82, 2.24) is 0 Å². The SMILES string of the molecule is Cc1occc1Sc1ccc(C(=O)O)o1. The fourth-order valence-corrected chi connectivity index (χ4v) is 1.88. The third kappa shape index (κ3) is 2.07. The highest BCUT2D eigenvalue weighted by molar-refractivity contribution is 7.99. The summed E-state index contributed by atoms with van der Waals surface area (Å²) in [6, 6.07) is 4.86. The Labute approximate surface area is 89.9 Å².